The summed E-state index contributed by atoms with van der Waals surface area (Å²) in [5.74, 6) is -1.14. The summed E-state index contributed by atoms with van der Waals surface area (Å²) >= 11 is 0. The van der Waals surface area contributed by atoms with E-state index in [0.717, 1.165) is 38.5 Å². The largest absolute Gasteiger partial charge is 0.480 e. The first kappa shape index (κ1) is 31.5. The van der Waals surface area contributed by atoms with Gasteiger partial charge in [-0.05, 0) is 12.8 Å². The topological polar surface area (TPSA) is 116 Å². The SMILES string of the molecule is CCCCCCCCCCCC(CCCCCCCCC)N[C@@H](COP(=O)(O)O)C(=O)O. The monoisotopic (exact) mass is 479 g/mol. The molecule has 32 heavy (non-hydrogen) atoms. The molecule has 0 amide bonds. The van der Waals surface area contributed by atoms with Gasteiger partial charge < -0.3 is 14.9 Å². The van der Waals surface area contributed by atoms with Crippen molar-refractivity contribution in [2.45, 2.75) is 142 Å². The molecule has 2 atom stereocenters. The number of nitrogens with one attached hydrogen (secondary N) is 1. The zero-order valence-corrected chi connectivity index (χ0v) is 21.5. The van der Waals surface area contributed by atoms with E-state index in [1.54, 1.807) is 0 Å². The van der Waals surface area contributed by atoms with Crippen molar-refractivity contribution in [1.29, 1.82) is 0 Å². The fraction of sp³-hybridized carbons (Fsp3) is 0.958. The molecule has 0 saturated carbocycles. The second kappa shape index (κ2) is 21.1. The highest BCUT2D eigenvalue weighted by Crippen LogP contribution is 2.35. The Morgan fingerprint density at radius 2 is 1.12 bits per heavy atom. The van der Waals surface area contributed by atoms with Crippen LogP contribution in [0.4, 0.5) is 0 Å². The Balaban J connectivity index is 4.38. The molecular weight excluding hydrogens is 429 g/mol. The molecule has 0 aliphatic heterocycles. The average Bonchev–Trinajstić information content (AvgIpc) is 2.73. The Labute approximate surface area is 196 Å². The molecule has 1 unspecified atom stereocenters. The predicted molar refractivity (Wildman–Crippen MR) is 131 cm³/mol. The van der Waals surface area contributed by atoms with Gasteiger partial charge >= 0.3 is 13.8 Å². The third-order valence-corrected chi connectivity index (χ3v) is 6.44. The van der Waals surface area contributed by atoms with Gasteiger partial charge in [0.15, 0.2) is 0 Å². The van der Waals surface area contributed by atoms with Gasteiger partial charge in [0.05, 0.1) is 6.61 Å². The van der Waals surface area contributed by atoms with Crippen LogP contribution < -0.4 is 5.32 Å². The lowest BCUT2D eigenvalue weighted by atomic mass is 9.99. The molecule has 0 bridgehead atoms. The number of phosphoric acid groups is 1. The first-order valence-electron chi connectivity index (χ1n) is 13.0. The van der Waals surface area contributed by atoms with Crippen LogP contribution in [0.3, 0.4) is 0 Å². The van der Waals surface area contributed by atoms with Crippen molar-refractivity contribution >= 4 is 13.8 Å². The number of carbonyl (C=O) groups is 1. The molecule has 7 nitrogen and oxygen atoms in total. The number of phosphoric ester groups is 1. The van der Waals surface area contributed by atoms with Crippen molar-refractivity contribution in [2.24, 2.45) is 0 Å². The zero-order valence-electron chi connectivity index (χ0n) is 20.6. The summed E-state index contributed by atoms with van der Waals surface area (Å²) in [7, 11) is -4.69. The highest BCUT2D eigenvalue weighted by Gasteiger charge is 2.25. The molecule has 0 saturated heterocycles. The Morgan fingerprint density at radius 1 is 0.750 bits per heavy atom. The van der Waals surface area contributed by atoms with Gasteiger partial charge in [-0.15, -0.1) is 0 Å². The second-order valence-electron chi connectivity index (χ2n) is 9.07. The number of aliphatic carboxylic acids is 1. The van der Waals surface area contributed by atoms with Gasteiger partial charge in [0.2, 0.25) is 0 Å². The summed E-state index contributed by atoms with van der Waals surface area (Å²) in [6.07, 6.45) is 21.3. The molecule has 0 aromatic carbocycles. The molecule has 0 radical (unpaired) electrons. The summed E-state index contributed by atoms with van der Waals surface area (Å²) < 4.78 is 15.4. The summed E-state index contributed by atoms with van der Waals surface area (Å²) in [6, 6.07) is -1.09. The molecule has 4 N–H and O–H groups in total. The van der Waals surface area contributed by atoms with E-state index in [1.165, 1.54) is 77.0 Å². The Morgan fingerprint density at radius 3 is 1.47 bits per heavy atom. The van der Waals surface area contributed by atoms with Crippen LogP contribution in [-0.2, 0) is 13.9 Å². The number of carboxylic acids is 1. The highest BCUT2D eigenvalue weighted by atomic mass is 31.2. The third-order valence-electron chi connectivity index (χ3n) is 5.96. The maximum absolute atomic E-state index is 11.6. The number of hydrogen-bond donors (Lipinski definition) is 4. The van der Waals surface area contributed by atoms with Crippen LogP contribution in [0.15, 0.2) is 0 Å². The number of hydrogen-bond acceptors (Lipinski definition) is 4. The first-order valence-corrected chi connectivity index (χ1v) is 14.5. The zero-order chi connectivity index (χ0) is 24.1. The molecule has 0 heterocycles. The van der Waals surface area contributed by atoms with Crippen LogP contribution in [0.1, 0.15) is 129 Å². The fourth-order valence-electron chi connectivity index (χ4n) is 4.01. The van der Waals surface area contributed by atoms with Crippen molar-refractivity contribution in [3.63, 3.8) is 0 Å². The van der Waals surface area contributed by atoms with Crippen LogP contribution in [0, 0.1) is 0 Å². The van der Waals surface area contributed by atoms with Gasteiger partial charge in [-0.1, -0.05) is 117 Å². The van der Waals surface area contributed by atoms with Crippen molar-refractivity contribution in [2.75, 3.05) is 6.61 Å². The molecule has 0 spiro atoms. The molecule has 0 aliphatic rings. The van der Waals surface area contributed by atoms with Gasteiger partial charge in [0.25, 0.3) is 0 Å². The normalized spacial score (nSPS) is 13.9. The van der Waals surface area contributed by atoms with E-state index in [0.29, 0.717) is 0 Å². The van der Waals surface area contributed by atoms with Gasteiger partial charge in [-0.25, -0.2) is 4.57 Å². The van der Waals surface area contributed by atoms with Crippen LogP contribution in [0.25, 0.3) is 0 Å². The molecule has 0 aromatic heterocycles. The van der Waals surface area contributed by atoms with Gasteiger partial charge in [-0.2, -0.15) is 0 Å². The van der Waals surface area contributed by atoms with Gasteiger partial charge in [-0.3, -0.25) is 14.6 Å². The van der Waals surface area contributed by atoms with Crippen molar-refractivity contribution in [3.8, 4) is 0 Å². The summed E-state index contributed by atoms with van der Waals surface area (Å²) in [5, 5.41) is 12.5. The van der Waals surface area contributed by atoms with Crippen LogP contribution in [0.5, 0.6) is 0 Å². The van der Waals surface area contributed by atoms with E-state index in [2.05, 4.69) is 23.7 Å². The minimum atomic E-state index is -4.69. The average molecular weight is 480 g/mol. The lowest BCUT2D eigenvalue weighted by Crippen LogP contribution is -2.46. The summed E-state index contributed by atoms with van der Waals surface area (Å²) in [6.45, 7) is 3.90. The maximum atomic E-state index is 11.6. The second-order valence-corrected chi connectivity index (χ2v) is 10.3. The first-order chi connectivity index (χ1) is 15.3. The third kappa shape index (κ3) is 21.4. The quantitative estimate of drug-likeness (QED) is 0.0914. The van der Waals surface area contributed by atoms with E-state index < -0.39 is 26.4 Å². The Bertz CT molecular complexity index is 485. The molecule has 0 rings (SSSR count). The highest BCUT2D eigenvalue weighted by molar-refractivity contribution is 7.46. The van der Waals surface area contributed by atoms with E-state index in [1.807, 2.05) is 0 Å². The van der Waals surface area contributed by atoms with Gasteiger partial charge in [0, 0.05) is 6.04 Å². The molecule has 8 heteroatoms. The van der Waals surface area contributed by atoms with E-state index in [9.17, 15) is 14.5 Å². The lowest BCUT2D eigenvalue weighted by molar-refractivity contribution is -0.140. The van der Waals surface area contributed by atoms with Gasteiger partial charge in [0.1, 0.15) is 6.04 Å². The number of carboxylic acid groups (broad SMARTS) is 1. The fourth-order valence-corrected chi connectivity index (χ4v) is 4.35. The molecular formula is C24H50NO6P. The smallest absolute Gasteiger partial charge is 0.469 e. The Kier molecular flexibility index (Phi) is 20.8. The number of rotatable bonds is 24. The predicted octanol–water partition coefficient (Wildman–Crippen LogP) is 6.57. The van der Waals surface area contributed by atoms with E-state index in [-0.39, 0.29) is 6.04 Å². The van der Waals surface area contributed by atoms with Crippen molar-refractivity contribution < 1.29 is 28.8 Å². The standard InChI is InChI=1S/C24H50NO6P/c1-3-5-7-9-11-12-14-16-18-20-22(19-17-15-13-10-8-6-4-2)25-23(24(26)27)21-31-32(28,29)30/h22-23,25H,3-21H2,1-2H3,(H,26,27)(H2,28,29,30)/t22?,23-/m0/s1. The minimum Gasteiger partial charge on any atom is -0.480 e. The van der Waals surface area contributed by atoms with Crippen molar-refractivity contribution in [3.05, 3.63) is 0 Å². The molecule has 0 fully saturated rings. The molecule has 0 aromatic rings. The Hall–Kier alpha value is -0.460. The molecule has 0 aliphatic carbocycles. The van der Waals surface area contributed by atoms with Crippen LogP contribution >= 0.6 is 7.82 Å². The minimum absolute atomic E-state index is 0.0247. The van der Waals surface area contributed by atoms with Crippen molar-refractivity contribution in [1.82, 2.24) is 5.32 Å². The lowest BCUT2D eigenvalue weighted by Gasteiger charge is -2.23. The summed E-state index contributed by atoms with van der Waals surface area (Å²) in [4.78, 5) is 29.4. The van der Waals surface area contributed by atoms with Crippen LogP contribution in [-0.4, -0.2) is 39.6 Å². The summed E-state index contributed by atoms with van der Waals surface area (Å²) in [5.41, 5.74) is 0. The van der Waals surface area contributed by atoms with Crippen LogP contribution in [0.2, 0.25) is 0 Å². The number of unbranched alkanes of at least 4 members (excludes halogenated alkanes) is 14. The maximum Gasteiger partial charge on any atom is 0.469 e. The molecule has 192 valence electrons. The van der Waals surface area contributed by atoms with E-state index in [4.69, 9.17) is 9.79 Å². The van der Waals surface area contributed by atoms with E-state index >= 15 is 0 Å².